The summed E-state index contributed by atoms with van der Waals surface area (Å²) < 4.78 is 27.6. The largest absolute Gasteiger partial charge is 0.504 e. The van der Waals surface area contributed by atoms with Crippen LogP contribution in [0.5, 0.6) is 86.2 Å². The number of aliphatic hydroxyl groups excluding tert-OH is 1. The molecular weight excluding hydrogens is 908 g/mol. The van der Waals surface area contributed by atoms with Crippen LogP contribution in [0.25, 0.3) is 22.3 Å². The number of rotatable bonds is 3. The zero-order chi connectivity index (χ0) is 49.0. The highest BCUT2D eigenvalue weighted by molar-refractivity contribution is 6.11. The number of cyclic esters (lactones) is 2. The van der Waals surface area contributed by atoms with E-state index in [1.807, 2.05) is 0 Å². The van der Waals surface area contributed by atoms with Crippen LogP contribution in [0.1, 0.15) is 63.5 Å². The van der Waals surface area contributed by atoms with Crippen molar-refractivity contribution in [1.82, 2.24) is 0 Å². The quantitative estimate of drug-likeness (QED) is 0.0689. The first kappa shape index (κ1) is 44.0. The summed E-state index contributed by atoms with van der Waals surface area (Å²) in [5.41, 5.74) is -11.0. The molecule has 1 unspecified atom stereocenters. The van der Waals surface area contributed by atoms with Gasteiger partial charge in [-0.25, -0.2) is 24.0 Å². The number of hydrogen-bond acceptors (Lipinski definition) is 26. The molecule has 5 atom stereocenters. The van der Waals surface area contributed by atoms with Gasteiger partial charge >= 0.3 is 29.8 Å². The second-order valence-electron chi connectivity index (χ2n) is 14.7. The van der Waals surface area contributed by atoms with Gasteiger partial charge in [0.2, 0.25) is 23.0 Å². The third kappa shape index (κ3) is 6.57. The van der Waals surface area contributed by atoms with Gasteiger partial charge in [-0.3, -0.25) is 0 Å². The molecule has 0 amide bonds. The van der Waals surface area contributed by atoms with Crippen molar-refractivity contribution < 1.29 is 129 Å². The van der Waals surface area contributed by atoms with Crippen molar-refractivity contribution in [2.45, 2.75) is 30.5 Å². The van der Waals surface area contributed by atoms with Gasteiger partial charge in [-0.15, -0.1) is 0 Å². The first-order chi connectivity index (χ1) is 31.5. The average Bonchev–Trinajstić information content (AvgIpc) is 3.29. The number of ether oxygens (including phenoxy) is 5. The number of phenolic OH excluding ortho intramolecular Hbond substituents is 15. The fourth-order valence-corrected chi connectivity index (χ4v) is 7.72. The van der Waals surface area contributed by atoms with E-state index in [1.54, 1.807) is 0 Å². The van der Waals surface area contributed by atoms with Gasteiger partial charge in [-0.1, -0.05) is 0 Å². The smallest absolute Gasteiger partial charge is 0.339 e. The molecule has 4 aliphatic rings. The summed E-state index contributed by atoms with van der Waals surface area (Å²) >= 11 is 0. The number of carbonyl (C=O) groups is 5. The zero-order valence-corrected chi connectivity index (χ0v) is 32.7. The molecule has 0 radical (unpaired) electrons. The molecule has 0 aliphatic carbocycles. The molecule has 0 spiro atoms. The maximum atomic E-state index is 14.6. The van der Waals surface area contributed by atoms with Crippen LogP contribution in [0.15, 0.2) is 30.3 Å². The second-order valence-corrected chi connectivity index (χ2v) is 14.7. The van der Waals surface area contributed by atoms with Crippen LogP contribution in [0, 0.1) is 0 Å². The van der Waals surface area contributed by atoms with Gasteiger partial charge in [-0.2, -0.15) is 0 Å². The Hall–Kier alpha value is -9.59. The minimum absolute atomic E-state index is 0.331. The van der Waals surface area contributed by atoms with E-state index in [-0.39, 0.29) is 0 Å². The molecule has 0 saturated heterocycles. The van der Waals surface area contributed by atoms with Gasteiger partial charge in [0.25, 0.3) is 0 Å². The van der Waals surface area contributed by atoms with Crippen molar-refractivity contribution in [2.75, 3.05) is 6.61 Å². The predicted molar refractivity (Wildman–Crippen MR) is 207 cm³/mol. The highest BCUT2D eigenvalue weighted by atomic mass is 16.6. The number of benzene rings is 5. The zero-order valence-electron chi connectivity index (χ0n) is 32.7. The molecule has 4 aliphatic heterocycles. The molecule has 0 aromatic heterocycles. The number of fused-ring (bicyclic) bond motifs is 6. The van der Waals surface area contributed by atoms with Crippen molar-refractivity contribution in [2.24, 2.45) is 0 Å². The minimum atomic E-state index is -2.79. The molecule has 4 bridgehead atoms. The van der Waals surface area contributed by atoms with Crippen molar-refractivity contribution in [3.63, 3.8) is 0 Å². The van der Waals surface area contributed by atoms with E-state index in [0.29, 0.717) is 30.3 Å². The Morgan fingerprint density at radius 2 is 0.836 bits per heavy atom. The number of phenols is 15. The summed E-state index contributed by atoms with van der Waals surface area (Å²) in [6.45, 7) is -1.50. The fourth-order valence-electron chi connectivity index (χ4n) is 7.72. The van der Waals surface area contributed by atoms with Gasteiger partial charge in [0, 0.05) is 27.8 Å². The molecule has 4 heterocycles. The highest BCUT2D eigenvalue weighted by Crippen LogP contribution is 2.58. The Morgan fingerprint density at radius 3 is 1.33 bits per heavy atom. The minimum Gasteiger partial charge on any atom is -0.504 e. The maximum Gasteiger partial charge on any atom is 0.339 e. The van der Waals surface area contributed by atoms with E-state index >= 15 is 0 Å². The Balaban J connectivity index is 1.42. The molecule has 0 saturated carbocycles. The number of esters is 5. The van der Waals surface area contributed by atoms with E-state index in [2.05, 4.69) is 0 Å². The lowest BCUT2D eigenvalue weighted by Gasteiger charge is -2.40. The summed E-state index contributed by atoms with van der Waals surface area (Å²) in [4.78, 5) is 70.9. The summed E-state index contributed by atoms with van der Waals surface area (Å²) in [5.74, 6) is -29.6. The van der Waals surface area contributed by atoms with Crippen LogP contribution >= 0.6 is 0 Å². The third-order valence-electron chi connectivity index (χ3n) is 10.9. The normalized spacial score (nSPS) is 19.9. The first-order valence-corrected chi connectivity index (χ1v) is 18.6. The summed E-state index contributed by atoms with van der Waals surface area (Å²) in [7, 11) is 0. The molecule has 0 fully saturated rings. The van der Waals surface area contributed by atoms with Crippen LogP contribution in [-0.4, -0.2) is 143 Å². The van der Waals surface area contributed by atoms with Gasteiger partial charge < -0.3 is 105 Å². The van der Waals surface area contributed by atoms with E-state index < -0.39 is 209 Å². The molecule has 67 heavy (non-hydrogen) atoms. The van der Waals surface area contributed by atoms with Crippen molar-refractivity contribution in [3.05, 3.63) is 63.7 Å². The Bertz CT molecular complexity index is 3060. The Kier molecular flexibility index (Phi) is 10.1. The van der Waals surface area contributed by atoms with Crippen LogP contribution in [0.4, 0.5) is 0 Å². The van der Waals surface area contributed by atoms with Crippen LogP contribution < -0.4 is 0 Å². The number of aromatic hydroxyl groups is 15. The lowest BCUT2D eigenvalue weighted by Crippen LogP contribution is -2.56. The van der Waals surface area contributed by atoms with E-state index in [9.17, 15) is 106 Å². The summed E-state index contributed by atoms with van der Waals surface area (Å²) in [6.07, 6.45) is -13.4. The molecule has 5 aromatic rings. The van der Waals surface area contributed by atoms with Gasteiger partial charge in [0.05, 0.1) is 27.8 Å². The van der Waals surface area contributed by atoms with Gasteiger partial charge in [0.15, 0.2) is 87.7 Å². The van der Waals surface area contributed by atoms with Crippen LogP contribution in [0.3, 0.4) is 0 Å². The van der Waals surface area contributed by atoms with E-state index in [4.69, 9.17) is 23.7 Å². The monoisotopic (exact) mass is 936 g/mol. The second kappa shape index (κ2) is 15.3. The third-order valence-corrected chi connectivity index (χ3v) is 10.9. The number of carbonyl (C=O) groups excluding carboxylic acids is 5. The van der Waals surface area contributed by atoms with Crippen molar-refractivity contribution in [3.8, 4) is 108 Å². The SMILES string of the molecule is O=C(O[C@H]1COC(=O)c2cc(O)c(O)c(O)c2-c2c(cc(O)c(O)c2O)C(=O)O[C@H]1[C@H]1OC(=O)c2cc(O)c(O)c(O)c2-c2c(O)c(O)c(O)c3c2C(=O)OC1[C@H]3O)c1cc(O)c(O)c(O)c1. The predicted octanol–water partition coefficient (Wildman–Crippen LogP) is 1.34. The first-order valence-electron chi connectivity index (χ1n) is 18.6. The lowest BCUT2D eigenvalue weighted by atomic mass is 9.82. The molecule has 26 heteroatoms. The Labute approximate surface area is 368 Å². The van der Waals surface area contributed by atoms with Crippen LogP contribution in [0.2, 0.25) is 0 Å². The van der Waals surface area contributed by atoms with E-state index in [1.165, 1.54) is 0 Å². The average molecular weight is 937 g/mol. The van der Waals surface area contributed by atoms with Crippen molar-refractivity contribution in [1.29, 1.82) is 0 Å². The number of aliphatic hydroxyl groups is 1. The highest BCUT2D eigenvalue weighted by Gasteiger charge is 2.54. The summed E-state index contributed by atoms with van der Waals surface area (Å²) in [6, 6.07) is 2.15. The lowest BCUT2D eigenvalue weighted by molar-refractivity contribution is -0.154. The molecule has 16 N–H and O–H groups in total. The van der Waals surface area contributed by atoms with Crippen molar-refractivity contribution >= 4 is 29.8 Å². The Morgan fingerprint density at radius 1 is 0.433 bits per heavy atom. The standard InChI is InChI=1S/C41H28O26/c42-11-1-7(2-12(43)23(11)47)37(58)64-16-6-63-38(59)8-3-13(44)24(48)27(51)17(8)18-9(4-14(45)25(49)28(18)52)39(60)65-34(16)36-35-32(56)22-21(41(62)66-35)20(30(54)33(57)31(22)55)19-10(40(61)67-36)5-15(46)26(50)29(19)53/h1-5,16,32,34-36,42-57H,6H2/t16-,32-,34+,35?,36+/m0/s1. The summed E-state index contributed by atoms with van der Waals surface area (Å²) in [5, 5.41) is 172. The van der Waals surface area contributed by atoms with Crippen LogP contribution in [-0.2, 0) is 23.7 Å². The van der Waals surface area contributed by atoms with Gasteiger partial charge in [0.1, 0.15) is 12.7 Å². The molecule has 26 nitrogen and oxygen atoms in total. The molecule has 348 valence electrons. The fraction of sp³-hybridized carbons (Fsp3) is 0.146. The molecule has 5 aromatic carbocycles. The topological polar surface area (TPSA) is 455 Å². The molecular formula is C41H28O26. The maximum absolute atomic E-state index is 14.6. The van der Waals surface area contributed by atoms with Gasteiger partial charge in [-0.05, 0) is 30.3 Å². The molecule has 9 rings (SSSR count). The number of hydrogen-bond donors (Lipinski definition) is 16. The van der Waals surface area contributed by atoms with E-state index in [0.717, 1.165) is 0 Å².